The average Bonchev–Trinajstić information content (AvgIpc) is 2.99. The van der Waals surface area contributed by atoms with Crippen LogP contribution in [0.1, 0.15) is 12.8 Å². The molecule has 23 heavy (non-hydrogen) atoms. The Hall–Kier alpha value is -2.48. The van der Waals surface area contributed by atoms with Gasteiger partial charge in [-0.3, -0.25) is 9.59 Å². The van der Waals surface area contributed by atoms with Crippen LogP contribution in [0.15, 0.2) is 30.3 Å². The first-order valence-electron chi connectivity index (χ1n) is 7.38. The molecular weight excluding hydrogens is 296 g/mol. The number of para-hydroxylation sites is 1. The number of hydrogen-bond acceptors (Lipinski definition) is 5. The maximum absolute atomic E-state index is 12.2. The molecule has 0 bridgehead atoms. The fourth-order valence-electron chi connectivity index (χ4n) is 3.11. The number of hydrogen-bond donors (Lipinski definition) is 0. The van der Waals surface area contributed by atoms with Crippen molar-refractivity contribution in [1.82, 2.24) is 0 Å². The van der Waals surface area contributed by atoms with Gasteiger partial charge in [0.1, 0.15) is 5.75 Å². The lowest BCUT2D eigenvalue weighted by Crippen LogP contribution is -2.39. The van der Waals surface area contributed by atoms with Crippen LogP contribution in [0.3, 0.4) is 0 Å². The van der Waals surface area contributed by atoms with Crippen molar-refractivity contribution >= 4 is 11.9 Å². The third kappa shape index (κ3) is 3.31. The van der Waals surface area contributed by atoms with Crippen molar-refractivity contribution in [3.05, 3.63) is 30.3 Å². The summed E-state index contributed by atoms with van der Waals surface area (Å²) in [6, 6.07) is 9.32. The van der Waals surface area contributed by atoms with Crippen molar-refractivity contribution in [2.45, 2.75) is 12.8 Å². The molecule has 5 nitrogen and oxygen atoms in total. The normalized spacial score (nSPS) is 22.0. The molecule has 0 amide bonds. The van der Waals surface area contributed by atoms with E-state index in [0.29, 0.717) is 6.61 Å². The van der Waals surface area contributed by atoms with E-state index in [-0.39, 0.29) is 24.7 Å². The lowest BCUT2D eigenvalue weighted by molar-refractivity contribution is -0.169. The minimum atomic E-state index is -1.34. The second-order valence-corrected chi connectivity index (χ2v) is 5.63. The summed E-state index contributed by atoms with van der Waals surface area (Å²) in [7, 11) is 2.51. The Morgan fingerprint density at radius 3 is 2.30 bits per heavy atom. The van der Waals surface area contributed by atoms with Crippen LogP contribution in [-0.4, -0.2) is 32.8 Å². The van der Waals surface area contributed by atoms with Gasteiger partial charge >= 0.3 is 11.9 Å². The Morgan fingerprint density at radius 2 is 1.78 bits per heavy atom. The van der Waals surface area contributed by atoms with Gasteiger partial charge in [0, 0.05) is 11.8 Å². The van der Waals surface area contributed by atoms with E-state index in [2.05, 4.69) is 5.92 Å². The maximum Gasteiger partial charge on any atom is 0.323 e. The van der Waals surface area contributed by atoms with Crippen LogP contribution in [0, 0.1) is 29.6 Å². The van der Waals surface area contributed by atoms with E-state index in [1.165, 1.54) is 14.2 Å². The Balaban J connectivity index is 2.16. The highest BCUT2D eigenvalue weighted by molar-refractivity contribution is 6.00. The van der Waals surface area contributed by atoms with Crippen LogP contribution >= 0.6 is 0 Å². The van der Waals surface area contributed by atoms with Gasteiger partial charge in [-0.05, 0) is 25.0 Å². The first kappa shape index (κ1) is 16.9. The molecule has 1 aliphatic carbocycles. The Kier molecular flexibility index (Phi) is 5.28. The van der Waals surface area contributed by atoms with Crippen LogP contribution < -0.4 is 4.74 Å². The van der Waals surface area contributed by atoms with Crippen molar-refractivity contribution in [2.24, 2.45) is 17.3 Å². The second kappa shape index (κ2) is 7.19. The smallest absolute Gasteiger partial charge is 0.323 e. The van der Waals surface area contributed by atoms with Gasteiger partial charge in [-0.2, -0.15) is 0 Å². The average molecular weight is 316 g/mol. The minimum Gasteiger partial charge on any atom is -0.493 e. The molecule has 1 aromatic rings. The molecule has 1 fully saturated rings. The molecule has 0 unspecified atom stereocenters. The van der Waals surface area contributed by atoms with Crippen LogP contribution in [0.25, 0.3) is 0 Å². The van der Waals surface area contributed by atoms with E-state index in [9.17, 15) is 9.59 Å². The van der Waals surface area contributed by atoms with Crippen LogP contribution in [0.5, 0.6) is 5.75 Å². The summed E-state index contributed by atoms with van der Waals surface area (Å²) in [5.41, 5.74) is -1.34. The zero-order valence-electron chi connectivity index (χ0n) is 13.3. The van der Waals surface area contributed by atoms with Gasteiger partial charge in [0.05, 0.1) is 20.8 Å². The van der Waals surface area contributed by atoms with Crippen LogP contribution in [0.2, 0.25) is 0 Å². The quantitative estimate of drug-likeness (QED) is 0.473. The first-order valence-corrected chi connectivity index (χ1v) is 7.38. The molecule has 122 valence electrons. The molecule has 1 aliphatic rings. The molecule has 1 aromatic carbocycles. The van der Waals surface area contributed by atoms with Gasteiger partial charge in [-0.15, -0.1) is 12.3 Å². The van der Waals surface area contributed by atoms with Crippen LogP contribution in [0.4, 0.5) is 0 Å². The molecule has 1 saturated carbocycles. The SMILES string of the molecule is C#C[C@@H]1CC(C(=O)OC)(C(=O)OC)C[C@@H]1COc1ccccc1. The third-order valence-electron chi connectivity index (χ3n) is 4.32. The predicted molar refractivity (Wildman–Crippen MR) is 83.4 cm³/mol. The molecule has 0 saturated heterocycles. The van der Waals surface area contributed by atoms with E-state index >= 15 is 0 Å². The lowest BCUT2D eigenvalue weighted by atomic mass is 9.85. The van der Waals surface area contributed by atoms with Crippen molar-refractivity contribution in [3.63, 3.8) is 0 Å². The summed E-state index contributed by atoms with van der Waals surface area (Å²) >= 11 is 0. The summed E-state index contributed by atoms with van der Waals surface area (Å²) in [4.78, 5) is 24.4. The van der Waals surface area contributed by atoms with E-state index in [1.807, 2.05) is 30.3 Å². The minimum absolute atomic E-state index is 0.126. The summed E-state index contributed by atoms with van der Waals surface area (Å²) in [5, 5.41) is 0. The van der Waals surface area contributed by atoms with Gasteiger partial charge in [-0.25, -0.2) is 0 Å². The van der Waals surface area contributed by atoms with E-state index < -0.39 is 17.4 Å². The summed E-state index contributed by atoms with van der Waals surface area (Å²) in [6.45, 7) is 0.328. The lowest BCUT2D eigenvalue weighted by Gasteiger charge is -2.23. The van der Waals surface area contributed by atoms with Gasteiger partial charge in [-0.1, -0.05) is 18.2 Å². The summed E-state index contributed by atoms with van der Waals surface area (Å²) < 4.78 is 15.4. The maximum atomic E-state index is 12.2. The first-order chi connectivity index (χ1) is 11.1. The highest BCUT2D eigenvalue weighted by Crippen LogP contribution is 2.47. The highest BCUT2D eigenvalue weighted by Gasteiger charge is 2.57. The molecule has 0 aromatic heterocycles. The fraction of sp³-hybridized carbons (Fsp3) is 0.444. The highest BCUT2D eigenvalue weighted by atomic mass is 16.5. The molecule has 0 radical (unpaired) electrons. The standard InChI is InChI=1S/C18H20O5/c1-4-13-10-18(16(19)21-2,17(20)22-3)11-14(13)12-23-15-8-6-5-7-9-15/h1,5-9,13-14H,10-12H2,2-3H3/t13-,14-/m1/s1. The number of esters is 2. The van der Waals surface area contributed by atoms with Gasteiger partial charge < -0.3 is 14.2 Å². The van der Waals surface area contributed by atoms with Crippen molar-refractivity contribution < 1.29 is 23.8 Å². The van der Waals surface area contributed by atoms with Crippen molar-refractivity contribution in [3.8, 4) is 18.1 Å². The zero-order valence-corrected chi connectivity index (χ0v) is 13.3. The number of benzene rings is 1. The third-order valence-corrected chi connectivity index (χ3v) is 4.32. The van der Waals surface area contributed by atoms with E-state index in [0.717, 1.165) is 5.75 Å². The van der Waals surface area contributed by atoms with Gasteiger partial charge in [0.25, 0.3) is 0 Å². The van der Waals surface area contributed by atoms with E-state index in [1.54, 1.807) is 0 Å². The molecule has 0 heterocycles. The molecule has 0 spiro atoms. The molecular formula is C18H20O5. The van der Waals surface area contributed by atoms with Crippen molar-refractivity contribution in [2.75, 3.05) is 20.8 Å². The molecule has 2 rings (SSSR count). The molecule has 0 aliphatic heterocycles. The second-order valence-electron chi connectivity index (χ2n) is 5.63. The van der Waals surface area contributed by atoms with E-state index in [4.69, 9.17) is 20.6 Å². The largest absolute Gasteiger partial charge is 0.493 e. The van der Waals surface area contributed by atoms with Gasteiger partial charge in [0.2, 0.25) is 0 Å². The summed E-state index contributed by atoms with van der Waals surface area (Å²) in [6.07, 6.45) is 6.06. The molecule has 0 N–H and O–H groups in total. The predicted octanol–water partition coefficient (Wildman–Crippen LogP) is 2.06. The Morgan fingerprint density at radius 1 is 1.17 bits per heavy atom. The number of rotatable bonds is 5. The van der Waals surface area contributed by atoms with Gasteiger partial charge in [0.15, 0.2) is 5.41 Å². The molecule has 2 atom stereocenters. The van der Waals surface area contributed by atoms with Crippen LogP contribution in [-0.2, 0) is 19.1 Å². The monoisotopic (exact) mass is 316 g/mol. The summed E-state index contributed by atoms with van der Waals surface area (Å²) in [5.74, 6) is 1.80. The fourth-order valence-corrected chi connectivity index (χ4v) is 3.11. The Bertz CT molecular complexity index is 586. The number of carbonyl (C=O) groups excluding carboxylic acids is 2. The number of terminal acetylenes is 1. The molecule has 5 heteroatoms. The number of ether oxygens (including phenoxy) is 3. The topological polar surface area (TPSA) is 61.8 Å². The number of carbonyl (C=O) groups is 2. The number of methoxy groups -OCH3 is 2. The van der Waals surface area contributed by atoms with Crippen molar-refractivity contribution in [1.29, 1.82) is 0 Å². The zero-order chi connectivity index (χ0) is 16.9. The Labute approximate surface area is 135 Å².